The van der Waals surface area contributed by atoms with Crippen molar-refractivity contribution in [3.63, 3.8) is 0 Å². The van der Waals surface area contributed by atoms with E-state index in [-0.39, 0.29) is 37.7 Å². The Balaban J connectivity index is 2.23. The molecule has 1 N–H and O–H groups in total. The molecule has 0 aliphatic carbocycles. The smallest absolute Gasteiger partial charge is 0.242 e. The van der Waals surface area contributed by atoms with Gasteiger partial charge in [0.1, 0.15) is 11.8 Å². The van der Waals surface area contributed by atoms with Crippen LogP contribution in [0.25, 0.3) is 0 Å². The van der Waals surface area contributed by atoms with Gasteiger partial charge in [-0.15, -0.1) is 0 Å². The van der Waals surface area contributed by atoms with Crippen LogP contribution in [0.1, 0.15) is 53.0 Å². The molecule has 1 unspecified atom stereocenters. The van der Waals surface area contributed by atoms with E-state index in [0.717, 1.165) is 11.8 Å². The molecule has 37 heavy (non-hydrogen) atoms. The lowest BCUT2D eigenvalue weighted by atomic mass is 10.1. The molecule has 2 amide bonds. The highest BCUT2D eigenvalue weighted by Crippen LogP contribution is 2.30. The van der Waals surface area contributed by atoms with Gasteiger partial charge < -0.3 is 15.0 Å². The van der Waals surface area contributed by atoms with E-state index in [1.165, 1.54) is 9.21 Å². The zero-order valence-corrected chi connectivity index (χ0v) is 24.0. The Hall–Kier alpha value is -2.78. The Morgan fingerprint density at radius 3 is 2.38 bits per heavy atom. The van der Waals surface area contributed by atoms with Gasteiger partial charge in [0.15, 0.2) is 0 Å². The summed E-state index contributed by atoms with van der Waals surface area (Å²) in [7, 11) is -3.63. The molecule has 0 saturated carbocycles. The van der Waals surface area contributed by atoms with Gasteiger partial charge in [-0.2, -0.15) is 0 Å². The average Bonchev–Trinajstić information content (AvgIpc) is 2.78. The molecule has 0 radical (unpaired) electrons. The second kappa shape index (κ2) is 13.1. The molecule has 1 atom stereocenters. The van der Waals surface area contributed by atoms with Crippen LogP contribution in [0.3, 0.4) is 0 Å². The molecular weight excluding hydrogens is 514 g/mol. The number of nitrogens with zero attached hydrogens (tertiary/aromatic N) is 2. The van der Waals surface area contributed by atoms with Gasteiger partial charge in [0, 0.05) is 30.1 Å². The monoisotopic (exact) mass is 551 g/mol. The number of anilines is 1. The van der Waals surface area contributed by atoms with Crippen molar-refractivity contribution in [2.45, 2.75) is 65.6 Å². The largest absolute Gasteiger partial charge is 0.492 e. The number of benzene rings is 2. The van der Waals surface area contributed by atoms with E-state index in [4.69, 9.17) is 16.3 Å². The average molecular weight is 552 g/mol. The molecule has 0 aliphatic rings. The maximum absolute atomic E-state index is 13.4. The second-order valence-electron chi connectivity index (χ2n) is 9.91. The van der Waals surface area contributed by atoms with Gasteiger partial charge in [-0.3, -0.25) is 13.9 Å². The van der Waals surface area contributed by atoms with Crippen molar-refractivity contribution in [3.05, 3.63) is 59.1 Å². The number of ether oxygens (including phenoxy) is 1. The minimum Gasteiger partial charge on any atom is -0.492 e. The quantitative estimate of drug-likeness (QED) is 0.415. The van der Waals surface area contributed by atoms with Crippen molar-refractivity contribution < 1.29 is 22.7 Å². The number of amides is 2. The number of carbonyl (C=O) groups is 2. The SMILES string of the molecule is CCOc1ccccc1N(CCCC(=O)N(Cc1cccc(Cl)c1)C(C)C(=O)NC(C)(C)C)S(C)(=O)=O. The summed E-state index contributed by atoms with van der Waals surface area (Å²) >= 11 is 6.14. The Kier molecular flexibility index (Phi) is 10.8. The van der Waals surface area contributed by atoms with Crippen LogP contribution < -0.4 is 14.4 Å². The highest BCUT2D eigenvalue weighted by molar-refractivity contribution is 7.92. The highest BCUT2D eigenvalue weighted by Gasteiger charge is 2.29. The van der Waals surface area contributed by atoms with E-state index in [9.17, 15) is 18.0 Å². The number of hydrogen-bond donors (Lipinski definition) is 1. The second-order valence-corrected chi connectivity index (χ2v) is 12.2. The third-order valence-electron chi connectivity index (χ3n) is 5.49. The van der Waals surface area contributed by atoms with Crippen molar-refractivity contribution in [1.82, 2.24) is 10.2 Å². The fourth-order valence-electron chi connectivity index (χ4n) is 3.81. The maximum atomic E-state index is 13.4. The van der Waals surface area contributed by atoms with E-state index in [1.807, 2.05) is 33.8 Å². The molecule has 0 aliphatic heterocycles. The lowest BCUT2D eigenvalue weighted by molar-refractivity contribution is -0.141. The van der Waals surface area contributed by atoms with Crippen molar-refractivity contribution in [1.29, 1.82) is 0 Å². The number of halogens is 1. The Labute approximate surface area is 226 Å². The number of hydrogen-bond acceptors (Lipinski definition) is 5. The van der Waals surface area contributed by atoms with E-state index in [1.54, 1.807) is 49.4 Å². The Bertz CT molecular complexity index is 1180. The summed E-state index contributed by atoms with van der Waals surface area (Å²) in [5, 5.41) is 3.46. The first-order valence-corrected chi connectivity index (χ1v) is 14.5. The normalized spacial score (nSPS) is 12.5. The first kappa shape index (κ1) is 30.4. The van der Waals surface area contributed by atoms with Crippen molar-refractivity contribution in [3.8, 4) is 5.75 Å². The summed E-state index contributed by atoms with van der Waals surface area (Å²) in [6.07, 6.45) is 1.43. The molecular formula is C27H38ClN3O5S. The molecule has 0 heterocycles. The molecule has 2 rings (SSSR count). The number of sulfonamides is 1. The molecule has 0 spiro atoms. The summed E-state index contributed by atoms with van der Waals surface area (Å²) < 4.78 is 32.1. The van der Waals surface area contributed by atoms with Gasteiger partial charge in [-0.1, -0.05) is 35.9 Å². The molecule has 0 aromatic heterocycles. The first-order valence-electron chi connectivity index (χ1n) is 12.3. The Morgan fingerprint density at radius 1 is 1.11 bits per heavy atom. The van der Waals surface area contributed by atoms with Crippen LogP contribution in [0.5, 0.6) is 5.75 Å². The van der Waals surface area contributed by atoms with Crippen molar-refractivity contribution in [2.24, 2.45) is 0 Å². The minimum atomic E-state index is -3.63. The van der Waals surface area contributed by atoms with Crippen molar-refractivity contribution in [2.75, 3.05) is 23.7 Å². The maximum Gasteiger partial charge on any atom is 0.242 e. The van der Waals surface area contributed by atoms with Crippen molar-refractivity contribution >= 4 is 39.1 Å². The van der Waals surface area contributed by atoms with Gasteiger partial charge in [0.2, 0.25) is 21.8 Å². The van der Waals surface area contributed by atoms with Crippen LogP contribution in [0.15, 0.2) is 48.5 Å². The lowest BCUT2D eigenvalue weighted by Crippen LogP contribution is -2.52. The van der Waals surface area contributed by atoms with Gasteiger partial charge in [-0.05, 0) is 70.9 Å². The van der Waals surface area contributed by atoms with Gasteiger partial charge >= 0.3 is 0 Å². The Morgan fingerprint density at radius 2 is 1.78 bits per heavy atom. The van der Waals surface area contributed by atoms with Crippen LogP contribution in [0.4, 0.5) is 5.69 Å². The fourth-order valence-corrected chi connectivity index (χ4v) is 4.99. The molecule has 8 nitrogen and oxygen atoms in total. The predicted molar refractivity (Wildman–Crippen MR) is 148 cm³/mol. The van der Waals surface area contributed by atoms with E-state index in [0.29, 0.717) is 23.1 Å². The molecule has 2 aromatic carbocycles. The number of rotatable bonds is 12. The minimum absolute atomic E-state index is 0.0521. The summed E-state index contributed by atoms with van der Waals surface area (Å²) in [5.74, 6) is -0.0776. The molecule has 204 valence electrons. The fraction of sp³-hybridized carbons (Fsp3) is 0.481. The third kappa shape index (κ3) is 9.55. The van der Waals surface area contributed by atoms with Crippen LogP contribution in [0.2, 0.25) is 5.02 Å². The summed E-state index contributed by atoms with van der Waals surface area (Å²) in [6.45, 7) is 9.81. The molecule has 0 fully saturated rings. The highest BCUT2D eigenvalue weighted by atomic mass is 35.5. The number of carbonyl (C=O) groups excluding carboxylic acids is 2. The number of nitrogens with one attached hydrogen (secondary N) is 1. The molecule has 0 bridgehead atoms. The first-order chi connectivity index (χ1) is 17.2. The van der Waals surface area contributed by atoms with Gasteiger partial charge in [-0.25, -0.2) is 8.42 Å². The van der Waals surface area contributed by atoms with E-state index >= 15 is 0 Å². The zero-order chi connectivity index (χ0) is 27.8. The molecule has 0 saturated heterocycles. The van der Waals surface area contributed by atoms with Gasteiger partial charge in [0.05, 0.1) is 18.6 Å². The summed E-state index contributed by atoms with van der Waals surface area (Å²) in [6, 6.07) is 13.3. The predicted octanol–water partition coefficient (Wildman–Crippen LogP) is 4.62. The summed E-state index contributed by atoms with van der Waals surface area (Å²) in [4.78, 5) is 27.8. The summed E-state index contributed by atoms with van der Waals surface area (Å²) in [5.41, 5.74) is 0.757. The lowest BCUT2D eigenvalue weighted by Gasteiger charge is -2.32. The molecule has 2 aromatic rings. The standard InChI is InChI=1S/C27H38ClN3O5S/c1-7-36-24-15-9-8-14-23(24)31(37(6,34)35)17-11-16-25(32)30(19-21-12-10-13-22(28)18-21)20(2)26(33)29-27(3,4)5/h8-10,12-15,18,20H,7,11,16-17,19H2,1-6H3,(H,29,33). The van der Waals surface area contributed by atoms with E-state index in [2.05, 4.69) is 5.32 Å². The van der Waals surface area contributed by atoms with Crippen LogP contribution in [-0.2, 0) is 26.2 Å². The van der Waals surface area contributed by atoms with Gasteiger partial charge in [0.25, 0.3) is 0 Å². The topological polar surface area (TPSA) is 96.0 Å². The van der Waals surface area contributed by atoms with Crippen LogP contribution in [0, 0.1) is 0 Å². The van der Waals surface area contributed by atoms with Crippen LogP contribution >= 0.6 is 11.6 Å². The zero-order valence-electron chi connectivity index (χ0n) is 22.5. The molecule has 10 heteroatoms. The van der Waals surface area contributed by atoms with E-state index < -0.39 is 21.6 Å². The number of para-hydroxylation sites is 2. The third-order valence-corrected chi connectivity index (χ3v) is 6.91. The van der Waals surface area contributed by atoms with Crippen LogP contribution in [-0.4, -0.2) is 56.1 Å².